The first-order valence-corrected chi connectivity index (χ1v) is 11.7. The van der Waals surface area contributed by atoms with Crippen LogP contribution in [0.3, 0.4) is 0 Å². The maximum Gasteiger partial charge on any atom is 0.225 e. The second-order valence-electron chi connectivity index (χ2n) is 8.88. The summed E-state index contributed by atoms with van der Waals surface area (Å²) in [5.41, 5.74) is 1.32. The Morgan fingerprint density at radius 2 is 1.62 bits per heavy atom. The standard InChI is InChI=1S/C23H41N5O/c1-5-21-17-26(3)18-22(6-2)28(21)23-24-15-20(16-25-23)19-9-12-27(13-10-19)11-7-8-14-29-4/h15-16,19,21-22H,5-14,17-18H2,1-4H3. The molecule has 0 amide bonds. The van der Waals surface area contributed by atoms with E-state index in [9.17, 15) is 0 Å². The van der Waals surface area contributed by atoms with Gasteiger partial charge in [0.1, 0.15) is 0 Å². The van der Waals surface area contributed by atoms with Crippen molar-refractivity contribution in [3.05, 3.63) is 18.0 Å². The molecular formula is C23H41N5O. The van der Waals surface area contributed by atoms with Crippen molar-refractivity contribution in [2.45, 2.75) is 70.4 Å². The maximum atomic E-state index is 5.15. The van der Waals surface area contributed by atoms with Crippen LogP contribution in [0.4, 0.5) is 5.95 Å². The highest BCUT2D eigenvalue weighted by Gasteiger charge is 2.33. The van der Waals surface area contributed by atoms with E-state index in [0.29, 0.717) is 18.0 Å². The third kappa shape index (κ3) is 5.89. The van der Waals surface area contributed by atoms with Crippen LogP contribution < -0.4 is 4.90 Å². The summed E-state index contributed by atoms with van der Waals surface area (Å²) in [6.45, 7) is 11.2. The molecule has 0 aromatic carbocycles. The quantitative estimate of drug-likeness (QED) is 0.589. The Bertz CT molecular complexity index is 573. The van der Waals surface area contributed by atoms with E-state index in [1.807, 2.05) is 0 Å². The number of hydrogen-bond donors (Lipinski definition) is 0. The molecule has 1 aromatic rings. The maximum absolute atomic E-state index is 5.15. The second kappa shape index (κ2) is 11.2. The Kier molecular flexibility index (Phi) is 8.69. The van der Waals surface area contributed by atoms with Crippen LogP contribution in [-0.4, -0.2) is 85.3 Å². The highest BCUT2D eigenvalue weighted by molar-refractivity contribution is 5.36. The molecule has 1 aromatic heterocycles. The molecule has 2 unspecified atom stereocenters. The van der Waals surface area contributed by atoms with Gasteiger partial charge in [-0.05, 0) is 76.7 Å². The van der Waals surface area contributed by atoms with Crippen LogP contribution in [0.25, 0.3) is 0 Å². The molecule has 6 nitrogen and oxygen atoms in total. The molecule has 0 bridgehead atoms. The van der Waals surface area contributed by atoms with E-state index in [1.54, 1.807) is 7.11 Å². The molecule has 0 saturated carbocycles. The number of methoxy groups -OCH3 is 1. The van der Waals surface area contributed by atoms with E-state index in [4.69, 9.17) is 14.7 Å². The van der Waals surface area contributed by atoms with Gasteiger partial charge in [0.2, 0.25) is 5.95 Å². The lowest BCUT2D eigenvalue weighted by atomic mass is 9.91. The van der Waals surface area contributed by atoms with Gasteiger partial charge in [-0.2, -0.15) is 0 Å². The Morgan fingerprint density at radius 3 is 2.17 bits per heavy atom. The fourth-order valence-electron chi connectivity index (χ4n) is 4.99. The smallest absolute Gasteiger partial charge is 0.225 e. The number of aromatic nitrogens is 2. The summed E-state index contributed by atoms with van der Waals surface area (Å²) in [4.78, 5) is 17.3. The second-order valence-corrected chi connectivity index (χ2v) is 8.88. The van der Waals surface area contributed by atoms with Gasteiger partial charge >= 0.3 is 0 Å². The number of likely N-dealkylation sites (tertiary alicyclic amines) is 1. The summed E-state index contributed by atoms with van der Waals surface area (Å²) in [5, 5.41) is 0. The van der Waals surface area contributed by atoms with Crippen molar-refractivity contribution in [3.8, 4) is 0 Å². The fourth-order valence-corrected chi connectivity index (χ4v) is 4.99. The van der Waals surface area contributed by atoms with Crippen LogP contribution in [0.1, 0.15) is 63.9 Å². The van der Waals surface area contributed by atoms with Gasteiger partial charge < -0.3 is 19.4 Å². The van der Waals surface area contributed by atoms with Gasteiger partial charge in [0.15, 0.2) is 0 Å². The zero-order valence-electron chi connectivity index (χ0n) is 19.0. The molecule has 2 saturated heterocycles. The lowest BCUT2D eigenvalue weighted by Gasteiger charge is -2.45. The van der Waals surface area contributed by atoms with Crippen LogP contribution in [0.15, 0.2) is 12.4 Å². The first kappa shape index (κ1) is 22.4. The summed E-state index contributed by atoms with van der Waals surface area (Å²) in [7, 11) is 4.02. The van der Waals surface area contributed by atoms with Gasteiger partial charge in [0.05, 0.1) is 0 Å². The third-order valence-electron chi connectivity index (χ3n) is 6.80. The molecule has 164 valence electrons. The Labute approximate surface area is 177 Å². The van der Waals surface area contributed by atoms with Crippen molar-refractivity contribution in [2.24, 2.45) is 0 Å². The van der Waals surface area contributed by atoms with E-state index in [1.165, 1.54) is 44.5 Å². The van der Waals surface area contributed by atoms with Crippen molar-refractivity contribution >= 4 is 5.95 Å². The molecule has 0 N–H and O–H groups in total. The first-order valence-electron chi connectivity index (χ1n) is 11.7. The van der Waals surface area contributed by atoms with Crippen LogP contribution in [-0.2, 0) is 4.74 Å². The summed E-state index contributed by atoms with van der Waals surface area (Å²) in [6, 6.07) is 1.01. The fraction of sp³-hybridized carbons (Fsp3) is 0.826. The van der Waals surface area contributed by atoms with Crippen molar-refractivity contribution < 1.29 is 4.74 Å². The van der Waals surface area contributed by atoms with Gasteiger partial charge in [-0.15, -0.1) is 0 Å². The largest absolute Gasteiger partial charge is 0.385 e. The van der Waals surface area contributed by atoms with Crippen molar-refractivity contribution in [2.75, 3.05) is 58.4 Å². The molecule has 3 heterocycles. The summed E-state index contributed by atoms with van der Waals surface area (Å²) >= 11 is 0. The van der Waals surface area contributed by atoms with E-state index in [-0.39, 0.29) is 0 Å². The molecule has 2 fully saturated rings. The first-order chi connectivity index (χ1) is 14.2. The average molecular weight is 404 g/mol. The number of piperazine rings is 1. The zero-order valence-corrected chi connectivity index (χ0v) is 19.0. The molecule has 2 aliphatic heterocycles. The van der Waals surface area contributed by atoms with Gasteiger partial charge in [-0.1, -0.05) is 13.8 Å². The molecule has 0 radical (unpaired) electrons. The highest BCUT2D eigenvalue weighted by Crippen LogP contribution is 2.29. The minimum absolute atomic E-state index is 0.505. The van der Waals surface area contributed by atoms with Gasteiger partial charge in [-0.3, -0.25) is 0 Å². The number of nitrogens with zero attached hydrogens (tertiary/aromatic N) is 5. The summed E-state index contributed by atoms with van der Waals surface area (Å²) in [5.74, 6) is 1.53. The molecule has 0 aliphatic carbocycles. The number of hydrogen-bond acceptors (Lipinski definition) is 6. The number of unbranched alkanes of at least 4 members (excludes halogenated alkanes) is 1. The molecule has 2 aliphatic rings. The normalized spacial score (nSPS) is 24.9. The molecule has 2 atom stereocenters. The highest BCUT2D eigenvalue weighted by atomic mass is 16.5. The van der Waals surface area contributed by atoms with Crippen LogP contribution >= 0.6 is 0 Å². The minimum atomic E-state index is 0.505. The molecule has 6 heteroatoms. The Hall–Kier alpha value is -1.24. The summed E-state index contributed by atoms with van der Waals surface area (Å²) < 4.78 is 5.15. The predicted octanol–water partition coefficient (Wildman–Crippen LogP) is 3.39. The number of anilines is 1. The van der Waals surface area contributed by atoms with Gasteiger partial charge in [0.25, 0.3) is 0 Å². The Balaban J connectivity index is 1.56. The third-order valence-corrected chi connectivity index (χ3v) is 6.80. The van der Waals surface area contributed by atoms with E-state index < -0.39 is 0 Å². The van der Waals surface area contributed by atoms with Crippen molar-refractivity contribution in [3.63, 3.8) is 0 Å². The molecule has 3 rings (SSSR count). The number of likely N-dealkylation sites (N-methyl/N-ethyl adjacent to an activating group) is 1. The minimum Gasteiger partial charge on any atom is -0.385 e. The van der Waals surface area contributed by atoms with Gasteiger partial charge in [-0.25, -0.2) is 9.97 Å². The zero-order chi connectivity index (χ0) is 20.6. The van der Waals surface area contributed by atoms with E-state index in [2.05, 4.69) is 48.0 Å². The van der Waals surface area contributed by atoms with Crippen molar-refractivity contribution in [1.82, 2.24) is 19.8 Å². The van der Waals surface area contributed by atoms with E-state index >= 15 is 0 Å². The molecule has 0 spiro atoms. The molecular weight excluding hydrogens is 362 g/mol. The Morgan fingerprint density at radius 1 is 1.00 bits per heavy atom. The lowest BCUT2D eigenvalue weighted by Crippen LogP contribution is -2.58. The number of piperidine rings is 1. The summed E-state index contributed by atoms with van der Waals surface area (Å²) in [6.07, 6.45) is 11.3. The van der Waals surface area contributed by atoms with Gasteiger partial charge in [0, 0.05) is 51.3 Å². The monoisotopic (exact) mass is 403 g/mol. The SMILES string of the molecule is CCC1CN(C)CC(CC)N1c1ncc(C2CCN(CCCCOC)CC2)cn1. The van der Waals surface area contributed by atoms with Crippen LogP contribution in [0, 0.1) is 0 Å². The van der Waals surface area contributed by atoms with Crippen molar-refractivity contribution in [1.29, 1.82) is 0 Å². The average Bonchev–Trinajstić information content (AvgIpc) is 2.76. The van der Waals surface area contributed by atoms with E-state index in [0.717, 1.165) is 44.9 Å². The molecule has 29 heavy (non-hydrogen) atoms. The van der Waals surface area contributed by atoms with Crippen LogP contribution in [0.2, 0.25) is 0 Å². The topological polar surface area (TPSA) is 44.7 Å². The predicted molar refractivity (Wildman–Crippen MR) is 120 cm³/mol. The number of ether oxygens (including phenoxy) is 1. The lowest BCUT2D eigenvalue weighted by molar-refractivity contribution is 0.173. The van der Waals surface area contributed by atoms with Crippen LogP contribution in [0.5, 0.6) is 0 Å². The number of rotatable bonds is 9.